The summed E-state index contributed by atoms with van der Waals surface area (Å²) < 4.78 is 48.4. The summed E-state index contributed by atoms with van der Waals surface area (Å²) in [6, 6.07) is 0. The van der Waals surface area contributed by atoms with E-state index in [2.05, 4.69) is 5.32 Å². The molecule has 0 aliphatic carbocycles. The zero-order chi connectivity index (χ0) is 22.5. The summed E-state index contributed by atoms with van der Waals surface area (Å²) >= 11 is 0. The van der Waals surface area contributed by atoms with Crippen LogP contribution in [0.5, 0.6) is 0 Å². The third kappa shape index (κ3) is 29.6. The van der Waals surface area contributed by atoms with Gasteiger partial charge in [0.25, 0.3) is 0 Å². The first kappa shape index (κ1) is 30.6. The zero-order valence-corrected chi connectivity index (χ0v) is 19.6. The molecule has 0 heterocycles. The minimum absolute atomic E-state index is 0.537. The van der Waals surface area contributed by atoms with Gasteiger partial charge in [-0.2, -0.15) is 0 Å². The van der Waals surface area contributed by atoms with Crippen LogP contribution in [0.3, 0.4) is 0 Å². The average Bonchev–Trinajstić information content (AvgIpc) is 2.78. The lowest BCUT2D eigenvalue weighted by Gasteiger charge is -2.08. The van der Waals surface area contributed by atoms with Crippen LogP contribution in [0.1, 0.15) is 6.92 Å². The molecule has 0 radical (unpaired) electrons. The molecule has 0 unspecified atom stereocenters. The van der Waals surface area contributed by atoms with Crippen LogP contribution in [-0.4, -0.2) is 133 Å². The van der Waals surface area contributed by atoms with Crippen molar-refractivity contribution in [3.05, 3.63) is 0 Å². The second kappa shape index (κ2) is 29.6. The van der Waals surface area contributed by atoms with Crippen LogP contribution in [0.25, 0.3) is 0 Å². The molecule has 0 saturated carbocycles. The molecule has 31 heavy (non-hydrogen) atoms. The van der Waals surface area contributed by atoms with Crippen LogP contribution in [0.2, 0.25) is 0 Å². The molecule has 0 aromatic heterocycles. The maximum atomic E-state index is 5.43. The Morgan fingerprint density at radius 2 is 0.581 bits per heavy atom. The maximum Gasteiger partial charge on any atom is 0.0701 e. The summed E-state index contributed by atoms with van der Waals surface area (Å²) in [5, 5.41) is 3.02. The molecule has 1 N–H and O–H groups in total. The minimum Gasteiger partial charge on any atom is -0.379 e. The van der Waals surface area contributed by atoms with Gasteiger partial charge in [0.2, 0.25) is 0 Å². The molecular formula is C21H45NO9. The molecule has 10 heteroatoms. The summed E-state index contributed by atoms with van der Waals surface area (Å²) in [5.41, 5.74) is 0. The van der Waals surface area contributed by atoms with E-state index in [0.717, 1.165) is 6.54 Å². The van der Waals surface area contributed by atoms with E-state index in [4.69, 9.17) is 42.6 Å². The van der Waals surface area contributed by atoms with Crippen molar-refractivity contribution in [2.24, 2.45) is 0 Å². The Labute approximate surface area is 188 Å². The Kier molecular flexibility index (Phi) is 29.2. The van der Waals surface area contributed by atoms with E-state index < -0.39 is 0 Å². The van der Waals surface area contributed by atoms with Gasteiger partial charge in [0.15, 0.2) is 0 Å². The molecule has 0 rings (SSSR count). The molecule has 0 spiro atoms. The van der Waals surface area contributed by atoms with Crippen LogP contribution in [0.4, 0.5) is 0 Å². The van der Waals surface area contributed by atoms with Crippen LogP contribution in [0, 0.1) is 0 Å². The van der Waals surface area contributed by atoms with Crippen molar-refractivity contribution < 1.29 is 42.6 Å². The fraction of sp³-hybridized carbons (Fsp3) is 1.00. The smallest absolute Gasteiger partial charge is 0.0701 e. The highest BCUT2D eigenvalue weighted by Gasteiger charge is 1.95. The van der Waals surface area contributed by atoms with E-state index in [1.165, 1.54) is 0 Å². The SMILES string of the molecule is CCOCCOCCOCCOCCOCCOCCOCCOCCOCCNC. The summed E-state index contributed by atoms with van der Waals surface area (Å²) in [6.07, 6.45) is 0. The van der Waals surface area contributed by atoms with Gasteiger partial charge in [-0.25, -0.2) is 0 Å². The van der Waals surface area contributed by atoms with E-state index in [-0.39, 0.29) is 0 Å². The zero-order valence-electron chi connectivity index (χ0n) is 19.6. The number of rotatable bonds is 28. The summed E-state index contributed by atoms with van der Waals surface area (Å²) in [6.45, 7) is 13.2. The molecule has 0 bridgehead atoms. The number of hydrogen-bond acceptors (Lipinski definition) is 10. The van der Waals surface area contributed by atoms with Gasteiger partial charge in [0.1, 0.15) is 0 Å². The molecule has 0 atom stereocenters. The van der Waals surface area contributed by atoms with Gasteiger partial charge in [0.05, 0.1) is 112 Å². The summed E-state index contributed by atoms with van der Waals surface area (Å²) in [5.74, 6) is 0. The normalized spacial score (nSPS) is 11.4. The first-order valence-corrected chi connectivity index (χ1v) is 11.3. The lowest BCUT2D eigenvalue weighted by atomic mass is 10.6. The van der Waals surface area contributed by atoms with Gasteiger partial charge < -0.3 is 47.9 Å². The van der Waals surface area contributed by atoms with E-state index in [1.807, 2.05) is 14.0 Å². The van der Waals surface area contributed by atoms with Crippen LogP contribution >= 0.6 is 0 Å². The molecule has 0 fully saturated rings. The van der Waals surface area contributed by atoms with E-state index in [9.17, 15) is 0 Å². The quantitative estimate of drug-likeness (QED) is 0.167. The van der Waals surface area contributed by atoms with Gasteiger partial charge in [-0.3, -0.25) is 0 Å². The third-order valence-electron chi connectivity index (χ3n) is 3.68. The van der Waals surface area contributed by atoms with Crippen molar-refractivity contribution in [2.45, 2.75) is 6.92 Å². The van der Waals surface area contributed by atoms with E-state index >= 15 is 0 Å². The highest BCUT2D eigenvalue weighted by atomic mass is 16.6. The highest BCUT2D eigenvalue weighted by molar-refractivity contribution is 4.39. The van der Waals surface area contributed by atoms with Crippen LogP contribution in [0.15, 0.2) is 0 Å². The molecule has 0 amide bonds. The van der Waals surface area contributed by atoms with Crippen molar-refractivity contribution in [3.8, 4) is 0 Å². The molecule has 0 saturated heterocycles. The summed E-state index contributed by atoms with van der Waals surface area (Å²) in [4.78, 5) is 0. The van der Waals surface area contributed by atoms with Crippen molar-refractivity contribution in [3.63, 3.8) is 0 Å². The monoisotopic (exact) mass is 455 g/mol. The standard InChI is InChI=1S/C21H45NO9/c1-3-23-6-7-25-10-11-27-14-15-29-18-19-31-21-20-30-17-16-28-13-12-26-9-8-24-5-4-22-2/h22H,3-21H2,1-2H3. The average molecular weight is 456 g/mol. The molecule has 0 aliphatic rings. The second-order valence-electron chi connectivity index (χ2n) is 6.20. The Balaban J connectivity index is 2.98. The van der Waals surface area contributed by atoms with E-state index in [0.29, 0.717) is 119 Å². The maximum absolute atomic E-state index is 5.43. The van der Waals surface area contributed by atoms with Crippen molar-refractivity contribution in [1.29, 1.82) is 0 Å². The molecule has 10 nitrogen and oxygen atoms in total. The first-order chi connectivity index (χ1) is 15.4. The number of nitrogens with one attached hydrogen (secondary N) is 1. The van der Waals surface area contributed by atoms with Crippen molar-refractivity contribution in [2.75, 3.05) is 133 Å². The Bertz CT molecular complexity index is 287. The largest absolute Gasteiger partial charge is 0.379 e. The number of hydrogen-bond donors (Lipinski definition) is 1. The number of likely N-dealkylation sites (N-methyl/N-ethyl adjacent to an activating group) is 1. The van der Waals surface area contributed by atoms with Crippen molar-refractivity contribution >= 4 is 0 Å². The van der Waals surface area contributed by atoms with Gasteiger partial charge in [0, 0.05) is 13.2 Å². The van der Waals surface area contributed by atoms with E-state index in [1.54, 1.807) is 0 Å². The van der Waals surface area contributed by atoms with Crippen LogP contribution in [-0.2, 0) is 42.6 Å². The van der Waals surface area contributed by atoms with Gasteiger partial charge in [-0.05, 0) is 14.0 Å². The summed E-state index contributed by atoms with van der Waals surface area (Å²) in [7, 11) is 1.90. The van der Waals surface area contributed by atoms with Gasteiger partial charge >= 0.3 is 0 Å². The van der Waals surface area contributed by atoms with Crippen LogP contribution < -0.4 is 5.32 Å². The molecule has 188 valence electrons. The Morgan fingerprint density at radius 3 is 0.806 bits per heavy atom. The third-order valence-corrected chi connectivity index (χ3v) is 3.68. The minimum atomic E-state index is 0.537. The molecule has 0 aromatic carbocycles. The molecule has 0 aliphatic heterocycles. The Hall–Kier alpha value is -0.400. The topological polar surface area (TPSA) is 95.1 Å². The van der Waals surface area contributed by atoms with Gasteiger partial charge in [-0.1, -0.05) is 0 Å². The predicted molar refractivity (Wildman–Crippen MR) is 117 cm³/mol. The second-order valence-corrected chi connectivity index (χ2v) is 6.20. The predicted octanol–water partition coefficient (Wildman–Crippen LogP) is 0.375. The Morgan fingerprint density at radius 1 is 0.355 bits per heavy atom. The lowest BCUT2D eigenvalue weighted by molar-refractivity contribution is -0.0247. The van der Waals surface area contributed by atoms with Gasteiger partial charge in [-0.15, -0.1) is 0 Å². The number of ether oxygens (including phenoxy) is 9. The fourth-order valence-electron chi connectivity index (χ4n) is 2.08. The van der Waals surface area contributed by atoms with Crippen molar-refractivity contribution in [1.82, 2.24) is 5.32 Å². The lowest BCUT2D eigenvalue weighted by Crippen LogP contribution is -2.17. The molecule has 0 aromatic rings. The first-order valence-electron chi connectivity index (χ1n) is 11.3. The fourth-order valence-corrected chi connectivity index (χ4v) is 2.08. The highest BCUT2D eigenvalue weighted by Crippen LogP contribution is 1.86. The molecular weight excluding hydrogens is 410 g/mol.